The second-order valence-electron chi connectivity index (χ2n) is 4.46. The lowest BCUT2D eigenvalue weighted by molar-refractivity contribution is 0.778. The summed E-state index contributed by atoms with van der Waals surface area (Å²) in [6, 6.07) is 7.89. The maximum Gasteiger partial charge on any atom is 0.229 e. The minimum atomic E-state index is -0.0249. The molecule has 0 saturated carbocycles. The Morgan fingerprint density at radius 2 is 2.11 bits per heavy atom. The number of hydrogen-bond acceptors (Lipinski definition) is 3. The second kappa shape index (κ2) is 3.96. The molecule has 0 radical (unpaired) electrons. The number of nitrogens with zero attached hydrogens (tertiary/aromatic N) is 3. The summed E-state index contributed by atoms with van der Waals surface area (Å²) >= 11 is 0. The molecule has 3 N–H and O–H groups in total. The average Bonchev–Trinajstić information content (AvgIpc) is 2.91. The van der Waals surface area contributed by atoms with E-state index in [0.29, 0.717) is 0 Å². The molecule has 18 heavy (non-hydrogen) atoms. The predicted molar refractivity (Wildman–Crippen MR) is 70.6 cm³/mol. The summed E-state index contributed by atoms with van der Waals surface area (Å²) in [4.78, 5) is 7.77. The highest BCUT2D eigenvalue weighted by Crippen LogP contribution is 2.19. The SMILES string of the molecule is Cc1c(C(C)N)cnn1-c1nc2ccccc2[nH]1. The molecule has 5 heteroatoms. The Balaban J connectivity index is 2.14. The highest BCUT2D eigenvalue weighted by molar-refractivity contribution is 5.75. The van der Waals surface area contributed by atoms with E-state index in [1.54, 1.807) is 10.9 Å². The van der Waals surface area contributed by atoms with Crippen molar-refractivity contribution < 1.29 is 0 Å². The summed E-state index contributed by atoms with van der Waals surface area (Å²) in [5.41, 5.74) is 9.89. The van der Waals surface area contributed by atoms with Crippen LogP contribution in [0.25, 0.3) is 17.0 Å². The van der Waals surface area contributed by atoms with Crippen LogP contribution in [-0.2, 0) is 0 Å². The van der Waals surface area contributed by atoms with Gasteiger partial charge in [-0.1, -0.05) is 12.1 Å². The molecule has 0 saturated heterocycles. The van der Waals surface area contributed by atoms with Crippen LogP contribution in [0.15, 0.2) is 30.5 Å². The molecular weight excluding hydrogens is 226 g/mol. The van der Waals surface area contributed by atoms with Gasteiger partial charge in [0.1, 0.15) is 0 Å². The Bertz CT molecular complexity index is 659. The van der Waals surface area contributed by atoms with Crippen molar-refractivity contribution in [2.24, 2.45) is 5.73 Å². The van der Waals surface area contributed by atoms with Crippen LogP contribution in [0.5, 0.6) is 0 Å². The predicted octanol–water partition coefficient (Wildman–Crippen LogP) is 2.08. The second-order valence-corrected chi connectivity index (χ2v) is 4.46. The van der Waals surface area contributed by atoms with E-state index in [9.17, 15) is 0 Å². The summed E-state index contributed by atoms with van der Waals surface area (Å²) in [5, 5.41) is 4.35. The van der Waals surface area contributed by atoms with Gasteiger partial charge in [0.25, 0.3) is 0 Å². The lowest BCUT2D eigenvalue weighted by Crippen LogP contribution is -2.07. The topological polar surface area (TPSA) is 72.5 Å². The molecule has 0 spiro atoms. The fraction of sp³-hybridized carbons (Fsp3) is 0.231. The zero-order valence-electron chi connectivity index (χ0n) is 10.4. The van der Waals surface area contributed by atoms with Gasteiger partial charge in [0, 0.05) is 17.3 Å². The molecule has 0 aliphatic carbocycles. The van der Waals surface area contributed by atoms with Gasteiger partial charge in [-0.05, 0) is 26.0 Å². The van der Waals surface area contributed by atoms with Gasteiger partial charge in [-0.2, -0.15) is 5.10 Å². The Labute approximate surface area is 105 Å². The number of hydrogen-bond donors (Lipinski definition) is 2. The third-order valence-electron chi connectivity index (χ3n) is 3.12. The number of benzene rings is 1. The molecule has 3 aromatic rings. The molecule has 2 aromatic heterocycles. The standard InChI is InChI=1S/C13H15N5/c1-8(14)10-7-15-18(9(10)2)13-16-11-5-3-4-6-12(11)17-13/h3-8H,14H2,1-2H3,(H,16,17). The number of imidazole rings is 1. The third-order valence-corrected chi connectivity index (χ3v) is 3.12. The van der Waals surface area contributed by atoms with Gasteiger partial charge in [-0.3, -0.25) is 0 Å². The average molecular weight is 241 g/mol. The molecule has 2 heterocycles. The molecule has 3 rings (SSSR count). The zero-order valence-corrected chi connectivity index (χ0v) is 10.4. The van der Waals surface area contributed by atoms with Gasteiger partial charge in [0.2, 0.25) is 5.95 Å². The molecule has 0 fully saturated rings. The van der Waals surface area contributed by atoms with E-state index in [2.05, 4.69) is 15.1 Å². The monoisotopic (exact) mass is 241 g/mol. The molecule has 1 unspecified atom stereocenters. The summed E-state index contributed by atoms with van der Waals surface area (Å²) in [5.74, 6) is 0.723. The van der Waals surface area contributed by atoms with Crippen LogP contribution in [0.1, 0.15) is 24.2 Å². The van der Waals surface area contributed by atoms with Crippen LogP contribution >= 0.6 is 0 Å². The molecule has 0 amide bonds. The lowest BCUT2D eigenvalue weighted by Gasteiger charge is -2.04. The molecule has 0 aliphatic heterocycles. The first-order chi connectivity index (χ1) is 8.66. The number of nitrogens with two attached hydrogens (primary N) is 1. The molecule has 1 aromatic carbocycles. The number of rotatable bonds is 2. The first-order valence-corrected chi connectivity index (χ1v) is 5.92. The van der Waals surface area contributed by atoms with Crippen LogP contribution in [0.4, 0.5) is 0 Å². The van der Waals surface area contributed by atoms with Gasteiger partial charge >= 0.3 is 0 Å². The summed E-state index contributed by atoms with van der Waals surface area (Å²) in [6.45, 7) is 3.95. The quantitative estimate of drug-likeness (QED) is 0.721. The van der Waals surface area contributed by atoms with Crippen molar-refractivity contribution in [2.75, 3.05) is 0 Å². The molecule has 0 aliphatic rings. The van der Waals surface area contributed by atoms with Crippen LogP contribution in [0.3, 0.4) is 0 Å². The normalized spacial score (nSPS) is 13.1. The Hall–Kier alpha value is -2.14. The minimum Gasteiger partial charge on any atom is -0.324 e. The molecule has 92 valence electrons. The minimum absolute atomic E-state index is 0.0249. The first-order valence-electron chi connectivity index (χ1n) is 5.92. The molecule has 0 bridgehead atoms. The van der Waals surface area contributed by atoms with E-state index in [0.717, 1.165) is 28.2 Å². The number of H-pyrrole nitrogens is 1. The number of fused-ring (bicyclic) bond motifs is 1. The van der Waals surface area contributed by atoms with E-state index >= 15 is 0 Å². The Kier molecular flexibility index (Phi) is 2.41. The maximum atomic E-state index is 5.90. The maximum absolute atomic E-state index is 5.90. The molecule has 5 nitrogen and oxygen atoms in total. The summed E-state index contributed by atoms with van der Waals surface area (Å²) < 4.78 is 1.79. The number of nitrogens with one attached hydrogen (secondary N) is 1. The van der Waals surface area contributed by atoms with Gasteiger partial charge in [-0.15, -0.1) is 0 Å². The van der Waals surface area contributed by atoms with Crippen molar-refractivity contribution in [3.8, 4) is 5.95 Å². The van der Waals surface area contributed by atoms with Crippen molar-refractivity contribution in [1.29, 1.82) is 0 Å². The van der Waals surface area contributed by atoms with Crippen molar-refractivity contribution in [3.05, 3.63) is 41.7 Å². The van der Waals surface area contributed by atoms with Crippen molar-refractivity contribution in [2.45, 2.75) is 19.9 Å². The van der Waals surface area contributed by atoms with Crippen molar-refractivity contribution in [3.63, 3.8) is 0 Å². The fourth-order valence-electron chi connectivity index (χ4n) is 2.12. The molecular formula is C13H15N5. The van der Waals surface area contributed by atoms with Gasteiger partial charge < -0.3 is 10.7 Å². The smallest absolute Gasteiger partial charge is 0.229 e. The van der Waals surface area contributed by atoms with E-state index in [1.807, 2.05) is 38.1 Å². The lowest BCUT2D eigenvalue weighted by atomic mass is 10.1. The van der Waals surface area contributed by atoms with Crippen molar-refractivity contribution in [1.82, 2.24) is 19.7 Å². The Morgan fingerprint density at radius 3 is 2.78 bits per heavy atom. The summed E-state index contributed by atoms with van der Waals surface area (Å²) in [7, 11) is 0. The number of para-hydroxylation sites is 2. The van der Waals surface area contributed by atoms with E-state index < -0.39 is 0 Å². The van der Waals surface area contributed by atoms with Crippen LogP contribution in [-0.4, -0.2) is 19.7 Å². The van der Waals surface area contributed by atoms with Crippen LogP contribution < -0.4 is 5.73 Å². The fourth-order valence-corrected chi connectivity index (χ4v) is 2.12. The molecule has 1 atom stereocenters. The van der Waals surface area contributed by atoms with E-state index in [-0.39, 0.29) is 6.04 Å². The highest BCUT2D eigenvalue weighted by Gasteiger charge is 2.13. The Morgan fingerprint density at radius 1 is 1.33 bits per heavy atom. The van der Waals surface area contributed by atoms with Gasteiger partial charge in [0.05, 0.1) is 17.2 Å². The highest BCUT2D eigenvalue weighted by atomic mass is 15.4. The first kappa shape index (κ1) is 11.0. The van der Waals surface area contributed by atoms with Crippen LogP contribution in [0.2, 0.25) is 0 Å². The van der Waals surface area contributed by atoms with E-state index in [1.165, 1.54) is 0 Å². The van der Waals surface area contributed by atoms with Crippen molar-refractivity contribution >= 4 is 11.0 Å². The van der Waals surface area contributed by atoms with E-state index in [4.69, 9.17) is 5.73 Å². The van der Waals surface area contributed by atoms with Gasteiger partial charge in [0.15, 0.2) is 0 Å². The number of aromatic nitrogens is 4. The summed E-state index contributed by atoms with van der Waals surface area (Å²) in [6.07, 6.45) is 1.80. The zero-order chi connectivity index (χ0) is 12.7. The number of aromatic amines is 1. The largest absolute Gasteiger partial charge is 0.324 e. The van der Waals surface area contributed by atoms with Gasteiger partial charge in [-0.25, -0.2) is 9.67 Å². The van der Waals surface area contributed by atoms with Crippen LogP contribution in [0, 0.1) is 6.92 Å². The third kappa shape index (κ3) is 1.60.